The number of methoxy groups -OCH3 is 3. The van der Waals surface area contributed by atoms with Crippen LogP contribution in [0.5, 0.6) is 0 Å². The van der Waals surface area contributed by atoms with Gasteiger partial charge >= 0.3 is 17.9 Å². The number of hydrogen-bond donors (Lipinski definition) is 0. The van der Waals surface area contributed by atoms with E-state index < -0.39 is 23.3 Å². The summed E-state index contributed by atoms with van der Waals surface area (Å²) in [7, 11) is 3.78. The molecule has 2 rings (SSSR count). The predicted octanol–water partition coefficient (Wildman–Crippen LogP) is 1.97. The first-order valence-corrected chi connectivity index (χ1v) is 8.89. The topological polar surface area (TPSA) is 82.1 Å². The lowest BCUT2D eigenvalue weighted by molar-refractivity contribution is -0.169. The van der Waals surface area contributed by atoms with E-state index in [0.29, 0.717) is 5.57 Å². The van der Waals surface area contributed by atoms with E-state index in [1.54, 1.807) is 0 Å². The number of ether oxygens (including phenoxy) is 3. The number of likely N-dealkylation sites (tertiary alicyclic amines) is 1. The van der Waals surface area contributed by atoms with Crippen LogP contribution in [0.1, 0.15) is 38.5 Å². The second-order valence-corrected chi connectivity index (χ2v) is 6.63. The van der Waals surface area contributed by atoms with Crippen LogP contribution in [0.3, 0.4) is 0 Å². The van der Waals surface area contributed by atoms with E-state index in [9.17, 15) is 14.4 Å². The Bertz CT molecular complexity index is 598. The molecule has 1 aliphatic heterocycles. The highest BCUT2D eigenvalue weighted by molar-refractivity contribution is 6.01. The zero-order chi connectivity index (χ0) is 19.2. The van der Waals surface area contributed by atoms with Crippen molar-refractivity contribution >= 4 is 17.9 Å². The van der Waals surface area contributed by atoms with E-state index in [1.807, 2.05) is 6.08 Å². The molecule has 0 aromatic heterocycles. The van der Waals surface area contributed by atoms with E-state index >= 15 is 0 Å². The highest BCUT2D eigenvalue weighted by Crippen LogP contribution is 2.42. The van der Waals surface area contributed by atoms with Crippen molar-refractivity contribution in [2.45, 2.75) is 38.5 Å². The zero-order valence-corrected chi connectivity index (χ0v) is 15.7. The van der Waals surface area contributed by atoms with Gasteiger partial charge in [0.05, 0.1) is 21.3 Å². The summed E-state index contributed by atoms with van der Waals surface area (Å²) in [5, 5.41) is 0. The summed E-state index contributed by atoms with van der Waals surface area (Å²) in [6.07, 6.45) is 7.92. The molecule has 0 unspecified atom stereocenters. The van der Waals surface area contributed by atoms with Gasteiger partial charge in [-0.25, -0.2) is 4.79 Å². The van der Waals surface area contributed by atoms with Crippen molar-refractivity contribution in [2.24, 2.45) is 5.41 Å². The molecule has 1 aliphatic carbocycles. The van der Waals surface area contributed by atoms with Gasteiger partial charge in [0.15, 0.2) is 5.41 Å². The first-order chi connectivity index (χ1) is 12.5. The number of rotatable bonds is 4. The summed E-state index contributed by atoms with van der Waals surface area (Å²) >= 11 is 0. The van der Waals surface area contributed by atoms with E-state index in [0.717, 1.165) is 31.6 Å². The molecule has 0 N–H and O–H groups in total. The number of hydrogen-bond acceptors (Lipinski definition) is 7. The highest BCUT2D eigenvalue weighted by Gasteiger charge is 2.50. The van der Waals surface area contributed by atoms with Gasteiger partial charge in [-0.05, 0) is 24.8 Å². The quantitative estimate of drug-likeness (QED) is 0.326. The predicted molar refractivity (Wildman–Crippen MR) is 93.9 cm³/mol. The molecule has 0 atom stereocenters. The molecule has 0 spiro atoms. The van der Waals surface area contributed by atoms with Crippen LogP contribution >= 0.6 is 0 Å². The SMILES string of the molecule is COC(=O)/C=C1\CC(C(=O)OC)(C(=O)OC)CC=C1N1CCCCCC1. The van der Waals surface area contributed by atoms with Crippen molar-refractivity contribution in [3.63, 3.8) is 0 Å². The molecule has 26 heavy (non-hydrogen) atoms. The van der Waals surface area contributed by atoms with Crippen LogP contribution in [0.15, 0.2) is 23.4 Å². The van der Waals surface area contributed by atoms with Gasteiger partial charge in [0.1, 0.15) is 0 Å². The molecule has 0 bridgehead atoms. The second-order valence-electron chi connectivity index (χ2n) is 6.63. The van der Waals surface area contributed by atoms with Gasteiger partial charge in [-0.15, -0.1) is 0 Å². The molecule has 7 heteroatoms. The molecule has 2 aliphatic rings. The standard InChI is InChI=1S/C19H27NO6/c1-24-16(21)12-14-13-19(17(22)25-2,18(23)26-3)9-8-15(14)20-10-6-4-5-7-11-20/h8,12H,4-7,9-11,13H2,1-3H3/b14-12+. The third-order valence-electron chi connectivity index (χ3n) is 5.06. The molecular weight excluding hydrogens is 338 g/mol. The van der Waals surface area contributed by atoms with Gasteiger partial charge in [-0.3, -0.25) is 9.59 Å². The van der Waals surface area contributed by atoms with E-state index in [-0.39, 0.29) is 12.8 Å². The van der Waals surface area contributed by atoms with Crippen molar-refractivity contribution < 1.29 is 28.6 Å². The first kappa shape index (κ1) is 20.0. The molecule has 0 saturated carbocycles. The monoisotopic (exact) mass is 365 g/mol. The summed E-state index contributed by atoms with van der Waals surface area (Å²) in [5.41, 5.74) is 0.0140. The molecule has 1 saturated heterocycles. The van der Waals surface area contributed by atoms with Crippen LogP contribution in [-0.4, -0.2) is 57.2 Å². The third kappa shape index (κ3) is 4.08. The average molecular weight is 365 g/mol. The molecule has 1 fully saturated rings. The summed E-state index contributed by atoms with van der Waals surface area (Å²) in [6, 6.07) is 0. The Morgan fingerprint density at radius 1 is 0.962 bits per heavy atom. The van der Waals surface area contributed by atoms with Crippen LogP contribution in [0.4, 0.5) is 0 Å². The number of carbonyl (C=O) groups excluding carboxylic acids is 3. The lowest BCUT2D eigenvalue weighted by Gasteiger charge is -2.36. The fourth-order valence-corrected chi connectivity index (χ4v) is 3.64. The zero-order valence-electron chi connectivity index (χ0n) is 15.7. The maximum Gasteiger partial charge on any atom is 0.330 e. The van der Waals surface area contributed by atoms with Gasteiger partial charge < -0.3 is 19.1 Å². The Kier molecular flexibility index (Phi) is 6.83. The lowest BCUT2D eigenvalue weighted by Crippen LogP contribution is -2.44. The molecule has 0 radical (unpaired) electrons. The van der Waals surface area contributed by atoms with Crippen LogP contribution in [0.2, 0.25) is 0 Å². The van der Waals surface area contributed by atoms with Crippen LogP contribution in [0.25, 0.3) is 0 Å². The Morgan fingerprint density at radius 3 is 2.04 bits per heavy atom. The number of carbonyl (C=O) groups is 3. The maximum absolute atomic E-state index is 12.4. The largest absolute Gasteiger partial charge is 0.468 e. The van der Waals surface area contributed by atoms with Crippen molar-refractivity contribution in [1.82, 2.24) is 4.90 Å². The Balaban J connectivity index is 2.45. The van der Waals surface area contributed by atoms with E-state index in [4.69, 9.17) is 14.2 Å². The second kappa shape index (κ2) is 8.87. The molecular formula is C19H27NO6. The van der Waals surface area contributed by atoms with Gasteiger partial charge in [-0.1, -0.05) is 18.9 Å². The molecule has 1 heterocycles. The smallest absolute Gasteiger partial charge is 0.330 e. The van der Waals surface area contributed by atoms with Crippen molar-refractivity contribution in [3.8, 4) is 0 Å². The van der Waals surface area contributed by atoms with Gasteiger partial charge in [0, 0.05) is 31.3 Å². The van der Waals surface area contributed by atoms with Crippen LogP contribution in [-0.2, 0) is 28.6 Å². The highest BCUT2D eigenvalue weighted by atomic mass is 16.5. The maximum atomic E-state index is 12.4. The number of nitrogens with zero attached hydrogens (tertiary/aromatic N) is 1. The number of esters is 3. The molecule has 0 amide bonds. The molecule has 7 nitrogen and oxygen atoms in total. The van der Waals surface area contributed by atoms with Crippen molar-refractivity contribution in [2.75, 3.05) is 34.4 Å². The first-order valence-electron chi connectivity index (χ1n) is 8.89. The fraction of sp³-hybridized carbons (Fsp3) is 0.632. The van der Waals surface area contributed by atoms with Crippen molar-refractivity contribution in [1.29, 1.82) is 0 Å². The summed E-state index contributed by atoms with van der Waals surface area (Å²) in [6.45, 7) is 1.77. The normalized spacial score (nSPS) is 21.4. The Hall–Kier alpha value is -2.31. The average Bonchev–Trinajstić information content (AvgIpc) is 2.95. The van der Waals surface area contributed by atoms with E-state index in [1.165, 1.54) is 40.2 Å². The van der Waals surface area contributed by atoms with Crippen molar-refractivity contribution in [3.05, 3.63) is 23.4 Å². The van der Waals surface area contributed by atoms with Gasteiger partial charge in [-0.2, -0.15) is 0 Å². The van der Waals surface area contributed by atoms with Crippen LogP contribution in [0, 0.1) is 5.41 Å². The molecule has 144 valence electrons. The summed E-state index contributed by atoms with van der Waals surface area (Å²) in [4.78, 5) is 38.9. The van der Waals surface area contributed by atoms with Gasteiger partial charge in [0.25, 0.3) is 0 Å². The third-order valence-corrected chi connectivity index (χ3v) is 5.06. The summed E-state index contributed by atoms with van der Waals surface area (Å²) in [5.74, 6) is -1.84. The van der Waals surface area contributed by atoms with Gasteiger partial charge in [0.2, 0.25) is 0 Å². The number of allylic oxidation sites excluding steroid dienone is 2. The lowest BCUT2D eigenvalue weighted by atomic mass is 9.73. The molecule has 0 aromatic rings. The van der Waals surface area contributed by atoms with E-state index in [2.05, 4.69) is 4.90 Å². The minimum atomic E-state index is -1.47. The molecule has 0 aromatic carbocycles. The fourth-order valence-electron chi connectivity index (χ4n) is 3.64. The minimum absolute atomic E-state index is 0.0454. The minimum Gasteiger partial charge on any atom is -0.468 e. The Labute approximate surface area is 154 Å². The Morgan fingerprint density at radius 2 is 1.54 bits per heavy atom. The van der Waals surface area contributed by atoms with Crippen LogP contribution < -0.4 is 0 Å². The summed E-state index contributed by atoms with van der Waals surface area (Å²) < 4.78 is 14.5.